The van der Waals surface area contributed by atoms with E-state index >= 15 is 0 Å². The summed E-state index contributed by atoms with van der Waals surface area (Å²) in [6, 6.07) is 8.19. The van der Waals surface area contributed by atoms with Gasteiger partial charge in [-0.2, -0.15) is 5.10 Å². The molecular weight excluding hydrogens is 404 g/mol. The van der Waals surface area contributed by atoms with E-state index in [9.17, 15) is 4.79 Å². The molecule has 0 N–H and O–H groups in total. The highest BCUT2D eigenvalue weighted by Gasteiger charge is 2.33. The number of carbonyl (C=O) groups excluding carboxylic acids is 1. The van der Waals surface area contributed by atoms with Gasteiger partial charge in [0.25, 0.3) is 5.91 Å². The molecule has 0 radical (unpaired) electrons. The number of nitrogens with zero attached hydrogens (tertiary/aromatic N) is 4. The highest BCUT2D eigenvalue weighted by Crippen LogP contribution is 2.39. The van der Waals surface area contributed by atoms with Gasteiger partial charge in [0, 0.05) is 18.3 Å². The van der Waals surface area contributed by atoms with Crippen LogP contribution in [0.15, 0.2) is 30.5 Å². The first kappa shape index (κ1) is 20.8. The average Bonchev–Trinajstić information content (AvgIpc) is 3.45. The lowest BCUT2D eigenvalue weighted by molar-refractivity contribution is 0.0737. The first-order valence-corrected chi connectivity index (χ1v) is 11.5. The SMILES string of the molecule is CC(C)c1cc(C(=O)N2CCCC2c2ccc3c(c2)OCCO3)c2cnn(C(C)C)c2n1. The van der Waals surface area contributed by atoms with E-state index in [1.165, 1.54) is 0 Å². The second-order valence-corrected chi connectivity index (χ2v) is 9.23. The molecule has 4 heterocycles. The van der Waals surface area contributed by atoms with E-state index in [0.29, 0.717) is 18.8 Å². The first-order valence-electron chi connectivity index (χ1n) is 11.5. The maximum absolute atomic E-state index is 13.9. The molecule has 0 bridgehead atoms. The van der Waals surface area contributed by atoms with Gasteiger partial charge in [-0.3, -0.25) is 4.79 Å². The Morgan fingerprint density at radius 1 is 1.09 bits per heavy atom. The summed E-state index contributed by atoms with van der Waals surface area (Å²) < 4.78 is 13.4. The Balaban J connectivity index is 1.54. The van der Waals surface area contributed by atoms with Crippen LogP contribution in [0.1, 0.15) is 80.2 Å². The zero-order valence-corrected chi connectivity index (χ0v) is 19.2. The van der Waals surface area contributed by atoms with Crippen LogP contribution < -0.4 is 9.47 Å². The minimum absolute atomic E-state index is 0.0178. The van der Waals surface area contributed by atoms with Crippen LogP contribution in [-0.4, -0.2) is 45.3 Å². The zero-order chi connectivity index (χ0) is 22.4. The number of benzene rings is 1. The van der Waals surface area contributed by atoms with Gasteiger partial charge < -0.3 is 14.4 Å². The monoisotopic (exact) mass is 434 g/mol. The van der Waals surface area contributed by atoms with Crippen molar-refractivity contribution in [1.29, 1.82) is 0 Å². The highest BCUT2D eigenvalue weighted by atomic mass is 16.6. The van der Waals surface area contributed by atoms with Gasteiger partial charge in [-0.1, -0.05) is 19.9 Å². The average molecular weight is 435 g/mol. The minimum Gasteiger partial charge on any atom is -0.486 e. The lowest BCUT2D eigenvalue weighted by Crippen LogP contribution is -2.31. The summed E-state index contributed by atoms with van der Waals surface area (Å²) >= 11 is 0. The van der Waals surface area contributed by atoms with E-state index in [2.05, 4.69) is 38.9 Å². The van der Waals surface area contributed by atoms with Gasteiger partial charge in [0.05, 0.1) is 23.2 Å². The van der Waals surface area contributed by atoms with Crippen molar-refractivity contribution in [3.8, 4) is 11.5 Å². The molecule has 1 unspecified atom stereocenters. The lowest BCUT2D eigenvalue weighted by Gasteiger charge is -2.27. The van der Waals surface area contributed by atoms with Gasteiger partial charge >= 0.3 is 0 Å². The summed E-state index contributed by atoms with van der Waals surface area (Å²) in [7, 11) is 0. The number of ether oxygens (including phenoxy) is 2. The summed E-state index contributed by atoms with van der Waals surface area (Å²) in [5, 5.41) is 5.36. The number of aromatic nitrogens is 3. The van der Waals surface area contributed by atoms with E-state index in [0.717, 1.165) is 53.2 Å². The van der Waals surface area contributed by atoms with E-state index in [4.69, 9.17) is 14.5 Å². The summed E-state index contributed by atoms with van der Waals surface area (Å²) in [6.45, 7) is 10.2. The standard InChI is InChI=1S/C25H30N4O3/c1-15(2)20-13-18(19-14-26-29(16(3)4)24(19)27-20)25(30)28-9-5-6-21(28)17-7-8-22-23(12-17)32-11-10-31-22/h7-8,12-16,21H,5-6,9-11H2,1-4H3. The summed E-state index contributed by atoms with van der Waals surface area (Å²) in [4.78, 5) is 20.7. The number of rotatable bonds is 4. The molecule has 2 aliphatic rings. The summed E-state index contributed by atoms with van der Waals surface area (Å²) in [5.74, 6) is 1.79. The van der Waals surface area contributed by atoms with Gasteiger partial charge in [-0.15, -0.1) is 0 Å². The van der Waals surface area contributed by atoms with E-state index in [1.54, 1.807) is 6.20 Å². The number of carbonyl (C=O) groups is 1. The molecule has 7 nitrogen and oxygen atoms in total. The van der Waals surface area contributed by atoms with Crippen molar-refractivity contribution in [3.63, 3.8) is 0 Å². The first-order chi connectivity index (χ1) is 15.4. The molecule has 3 aromatic rings. The molecule has 1 amide bonds. The molecule has 7 heteroatoms. The topological polar surface area (TPSA) is 69.5 Å². The fourth-order valence-electron chi connectivity index (χ4n) is 4.67. The maximum Gasteiger partial charge on any atom is 0.255 e. The van der Waals surface area contributed by atoms with Crippen LogP contribution in [0.2, 0.25) is 0 Å². The van der Waals surface area contributed by atoms with E-state index in [1.807, 2.05) is 27.8 Å². The number of pyridine rings is 1. The third-order valence-corrected chi connectivity index (χ3v) is 6.36. The quantitative estimate of drug-likeness (QED) is 0.585. The van der Waals surface area contributed by atoms with Crippen LogP contribution in [0.5, 0.6) is 11.5 Å². The van der Waals surface area contributed by atoms with Crippen molar-refractivity contribution in [1.82, 2.24) is 19.7 Å². The Hall–Kier alpha value is -3.09. The Kier molecular flexibility index (Phi) is 5.27. The third kappa shape index (κ3) is 3.49. The van der Waals surface area contributed by atoms with Crippen molar-refractivity contribution >= 4 is 16.9 Å². The van der Waals surface area contributed by atoms with Gasteiger partial charge in [0.15, 0.2) is 17.1 Å². The second-order valence-electron chi connectivity index (χ2n) is 9.23. The summed E-state index contributed by atoms with van der Waals surface area (Å²) in [6.07, 6.45) is 3.69. The Morgan fingerprint density at radius 2 is 1.88 bits per heavy atom. The normalized spacial score (nSPS) is 18.2. The van der Waals surface area contributed by atoms with Crippen LogP contribution in [0.4, 0.5) is 0 Å². The predicted molar refractivity (Wildman–Crippen MR) is 122 cm³/mol. The molecule has 1 fully saturated rings. The molecule has 1 saturated heterocycles. The Morgan fingerprint density at radius 3 is 2.62 bits per heavy atom. The van der Waals surface area contributed by atoms with Crippen LogP contribution in [-0.2, 0) is 0 Å². The van der Waals surface area contributed by atoms with Crippen LogP contribution >= 0.6 is 0 Å². The zero-order valence-electron chi connectivity index (χ0n) is 19.2. The highest BCUT2D eigenvalue weighted by molar-refractivity contribution is 6.05. The van der Waals surface area contributed by atoms with E-state index < -0.39 is 0 Å². The number of fused-ring (bicyclic) bond motifs is 2. The van der Waals surface area contributed by atoms with E-state index in [-0.39, 0.29) is 23.9 Å². The molecule has 32 heavy (non-hydrogen) atoms. The Bertz CT molecular complexity index is 1170. The van der Waals surface area contributed by atoms with Gasteiger partial charge in [0.1, 0.15) is 13.2 Å². The molecule has 1 atom stereocenters. The van der Waals surface area contributed by atoms with Crippen LogP contribution in [0, 0.1) is 0 Å². The van der Waals surface area contributed by atoms with Crippen molar-refractivity contribution in [2.75, 3.05) is 19.8 Å². The number of hydrogen-bond donors (Lipinski definition) is 0. The molecule has 0 saturated carbocycles. The van der Waals surface area contributed by atoms with Gasteiger partial charge in [-0.25, -0.2) is 9.67 Å². The number of likely N-dealkylation sites (tertiary alicyclic amines) is 1. The van der Waals surface area contributed by atoms with Crippen molar-refractivity contribution in [2.24, 2.45) is 0 Å². The van der Waals surface area contributed by atoms with Crippen molar-refractivity contribution < 1.29 is 14.3 Å². The predicted octanol–water partition coefficient (Wildman–Crippen LogP) is 4.88. The number of hydrogen-bond acceptors (Lipinski definition) is 5. The fraction of sp³-hybridized carbons (Fsp3) is 0.480. The second kappa shape index (κ2) is 8.11. The molecule has 0 aliphatic carbocycles. The van der Waals surface area contributed by atoms with Crippen molar-refractivity contribution in [2.45, 2.75) is 58.5 Å². The van der Waals surface area contributed by atoms with Gasteiger partial charge in [0.2, 0.25) is 0 Å². The maximum atomic E-state index is 13.9. The largest absolute Gasteiger partial charge is 0.486 e. The fourth-order valence-corrected chi connectivity index (χ4v) is 4.67. The molecule has 0 spiro atoms. The molecule has 2 aromatic heterocycles. The van der Waals surface area contributed by atoms with Crippen LogP contribution in [0.3, 0.4) is 0 Å². The molecule has 5 rings (SSSR count). The number of amides is 1. The minimum atomic E-state index is 0.0178. The van der Waals surface area contributed by atoms with Crippen LogP contribution in [0.25, 0.3) is 11.0 Å². The lowest BCUT2D eigenvalue weighted by atomic mass is 10.0. The Labute approximate surface area is 188 Å². The molecular formula is C25H30N4O3. The molecule has 1 aromatic carbocycles. The molecule has 2 aliphatic heterocycles. The van der Waals surface area contributed by atoms with Gasteiger partial charge in [-0.05, 0) is 56.4 Å². The third-order valence-electron chi connectivity index (χ3n) is 6.36. The van der Waals surface area contributed by atoms with Crippen molar-refractivity contribution in [3.05, 3.63) is 47.3 Å². The summed E-state index contributed by atoms with van der Waals surface area (Å²) in [5.41, 5.74) is 3.48. The molecule has 168 valence electrons. The smallest absolute Gasteiger partial charge is 0.255 e.